The third-order valence-corrected chi connectivity index (χ3v) is 6.91. The predicted molar refractivity (Wildman–Crippen MR) is 151 cm³/mol. The molecule has 1 aliphatic heterocycles. The van der Waals surface area contributed by atoms with Gasteiger partial charge >= 0.3 is 5.97 Å². The second-order valence-corrected chi connectivity index (χ2v) is 9.42. The van der Waals surface area contributed by atoms with Crippen molar-refractivity contribution in [3.63, 3.8) is 0 Å². The molecule has 1 aliphatic rings. The fourth-order valence-electron chi connectivity index (χ4n) is 4.90. The van der Waals surface area contributed by atoms with E-state index in [1.807, 2.05) is 30.3 Å². The predicted octanol–water partition coefficient (Wildman–Crippen LogP) is 4.88. The molecule has 2 N–H and O–H groups in total. The molecule has 10 heteroatoms. The number of amides is 1. The Bertz CT molecular complexity index is 1510. The summed E-state index contributed by atoms with van der Waals surface area (Å²) >= 11 is 0. The Labute approximate surface area is 232 Å². The Morgan fingerprint density at radius 1 is 1.05 bits per heavy atom. The third-order valence-electron chi connectivity index (χ3n) is 6.91. The van der Waals surface area contributed by atoms with Gasteiger partial charge in [0.25, 0.3) is 5.91 Å². The van der Waals surface area contributed by atoms with Gasteiger partial charge in [0.2, 0.25) is 0 Å². The van der Waals surface area contributed by atoms with Gasteiger partial charge in [0.05, 0.1) is 51.5 Å². The molecule has 10 nitrogen and oxygen atoms in total. The van der Waals surface area contributed by atoms with Crippen molar-refractivity contribution in [2.75, 3.05) is 38.6 Å². The van der Waals surface area contributed by atoms with Crippen LogP contribution in [0.4, 0.5) is 11.4 Å². The number of aromatic nitrogens is 2. The standard InChI is InChI=1S/C30H32N4O6/c1-37-24-12-11-19(14-25(24)38-2)16-31-21-15-23-26(33-29(35)20-8-5-4-6-9-20)27(30(36)39-3)34(28(23)32-17-21)18-22-10-7-13-40-22/h4-6,8-9,11-12,14-15,17,22,31H,7,10,13,16,18H2,1-3H3,(H,33,35)/t22-/m1/s1. The number of fused-ring (bicyclic) bond motifs is 1. The van der Waals surface area contributed by atoms with Crippen molar-refractivity contribution in [1.82, 2.24) is 9.55 Å². The highest BCUT2D eigenvalue weighted by atomic mass is 16.5. The van der Waals surface area contributed by atoms with Gasteiger partial charge in [0.15, 0.2) is 17.2 Å². The van der Waals surface area contributed by atoms with Crippen molar-refractivity contribution >= 4 is 34.3 Å². The Morgan fingerprint density at radius 3 is 2.55 bits per heavy atom. The second-order valence-electron chi connectivity index (χ2n) is 9.42. The summed E-state index contributed by atoms with van der Waals surface area (Å²) in [7, 11) is 4.51. The zero-order valence-electron chi connectivity index (χ0n) is 22.7. The first-order valence-electron chi connectivity index (χ1n) is 13.1. The number of hydrogen-bond donors (Lipinski definition) is 2. The van der Waals surface area contributed by atoms with E-state index in [1.165, 1.54) is 7.11 Å². The molecule has 2 aromatic carbocycles. The fraction of sp³-hybridized carbons (Fsp3) is 0.300. The van der Waals surface area contributed by atoms with E-state index in [-0.39, 0.29) is 17.7 Å². The summed E-state index contributed by atoms with van der Waals surface area (Å²) in [6, 6.07) is 16.4. The van der Waals surface area contributed by atoms with E-state index in [4.69, 9.17) is 23.9 Å². The first-order chi connectivity index (χ1) is 19.5. The van der Waals surface area contributed by atoms with Crippen LogP contribution in [0.5, 0.6) is 11.5 Å². The molecule has 1 atom stereocenters. The van der Waals surface area contributed by atoms with Crippen molar-refractivity contribution in [1.29, 1.82) is 0 Å². The number of rotatable bonds is 10. The average molecular weight is 545 g/mol. The summed E-state index contributed by atoms with van der Waals surface area (Å²) in [6.07, 6.45) is 3.46. The topological polar surface area (TPSA) is 113 Å². The van der Waals surface area contributed by atoms with Gasteiger partial charge in [0.1, 0.15) is 5.65 Å². The lowest BCUT2D eigenvalue weighted by Gasteiger charge is -2.14. The van der Waals surface area contributed by atoms with Crippen LogP contribution in [0.25, 0.3) is 11.0 Å². The molecular weight excluding hydrogens is 512 g/mol. The van der Waals surface area contributed by atoms with E-state index in [2.05, 4.69) is 10.6 Å². The van der Waals surface area contributed by atoms with Crippen LogP contribution in [0, 0.1) is 0 Å². The fourth-order valence-corrected chi connectivity index (χ4v) is 4.90. The molecule has 40 heavy (non-hydrogen) atoms. The highest BCUT2D eigenvalue weighted by Crippen LogP contribution is 2.34. The molecule has 0 radical (unpaired) electrons. The van der Waals surface area contributed by atoms with Crippen molar-refractivity contribution in [2.45, 2.75) is 32.0 Å². The Balaban J connectivity index is 1.54. The summed E-state index contributed by atoms with van der Waals surface area (Å²) in [6.45, 7) is 1.57. The summed E-state index contributed by atoms with van der Waals surface area (Å²) in [5.74, 6) is 0.371. The maximum absolute atomic E-state index is 13.2. The molecule has 0 saturated carbocycles. The monoisotopic (exact) mass is 544 g/mol. The van der Waals surface area contributed by atoms with E-state index in [0.717, 1.165) is 18.4 Å². The first kappa shape index (κ1) is 27.0. The van der Waals surface area contributed by atoms with Gasteiger partial charge in [-0.15, -0.1) is 0 Å². The lowest BCUT2D eigenvalue weighted by molar-refractivity contribution is 0.0580. The third kappa shape index (κ3) is 5.57. The number of pyridine rings is 1. The number of anilines is 2. The van der Waals surface area contributed by atoms with Crippen LogP contribution in [0.2, 0.25) is 0 Å². The summed E-state index contributed by atoms with van der Waals surface area (Å²) < 4.78 is 23.6. The lowest BCUT2D eigenvalue weighted by Crippen LogP contribution is -2.21. The number of carbonyl (C=O) groups excluding carboxylic acids is 2. The minimum absolute atomic E-state index is 0.0682. The number of nitrogens with zero attached hydrogens (tertiary/aromatic N) is 2. The Hall–Kier alpha value is -4.57. The minimum Gasteiger partial charge on any atom is -0.493 e. The molecule has 3 heterocycles. The molecule has 1 saturated heterocycles. The van der Waals surface area contributed by atoms with Crippen molar-refractivity contribution in [3.05, 3.63) is 77.6 Å². The highest BCUT2D eigenvalue weighted by Gasteiger charge is 2.29. The van der Waals surface area contributed by atoms with Crippen LogP contribution < -0.4 is 20.1 Å². The van der Waals surface area contributed by atoms with E-state index in [0.29, 0.717) is 59.2 Å². The molecule has 0 unspecified atom stereocenters. The lowest BCUT2D eigenvalue weighted by atomic mass is 10.2. The van der Waals surface area contributed by atoms with Crippen molar-refractivity contribution < 1.29 is 28.5 Å². The molecule has 208 valence electrons. The Morgan fingerprint density at radius 2 is 1.85 bits per heavy atom. The van der Waals surface area contributed by atoms with Gasteiger partial charge in [-0.25, -0.2) is 9.78 Å². The number of hydrogen-bond acceptors (Lipinski definition) is 8. The minimum atomic E-state index is -0.570. The van der Waals surface area contributed by atoms with Crippen LogP contribution >= 0.6 is 0 Å². The zero-order chi connectivity index (χ0) is 28.1. The van der Waals surface area contributed by atoms with Gasteiger partial charge in [-0.05, 0) is 48.7 Å². The number of benzene rings is 2. The first-order valence-corrected chi connectivity index (χ1v) is 13.1. The second kappa shape index (κ2) is 12.1. The van der Waals surface area contributed by atoms with Gasteiger partial charge in [-0.3, -0.25) is 4.79 Å². The molecule has 1 amide bonds. The van der Waals surface area contributed by atoms with Crippen LogP contribution in [-0.2, 0) is 22.6 Å². The van der Waals surface area contributed by atoms with Crippen LogP contribution in [0.3, 0.4) is 0 Å². The van der Waals surface area contributed by atoms with E-state index >= 15 is 0 Å². The summed E-state index contributed by atoms with van der Waals surface area (Å²) in [5.41, 5.74) is 3.27. The molecule has 4 aromatic rings. The van der Waals surface area contributed by atoms with Crippen molar-refractivity contribution in [3.8, 4) is 11.5 Å². The number of ether oxygens (including phenoxy) is 4. The zero-order valence-corrected chi connectivity index (χ0v) is 22.7. The van der Waals surface area contributed by atoms with E-state index in [1.54, 1.807) is 49.2 Å². The molecular formula is C30H32N4O6. The maximum atomic E-state index is 13.2. The maximum Gasteiger partial charge on any atom is 0.356 e. The molecule has 0 aliphatic carbocycles. The number of nitrogens with one attached hydrogen (secondary N) is 2. The van der Waals surface area contributed by atoms with Gasteiger partial charge in [-0.2, -0.15) is 0 Å². The highest BCUT2D eigenvalue weighted by molar-refractivity contribution is 6.14. The molecule has 0 bridgehead atoms. The van der Waals surface area contributed by atoms with Crippen LogP contribution in [0.15, 0.2) is 60.8 Å². The van der Waals surface area contributed by atoms with E-state index in [9.17, 15) is 9.59 Å². The molecule has 2 aromatic heterocycles. The van der Waals surface area contributed by atoms with Gasteiger partial charge in [-0.1, -0.05) is 24.3 Å². The molecule has 0 spiro atoms. The summed E-state index contributed by atoms with van der Waals surface area (Å²) in [4.78, 5) is 31.1. The molecule has 5 rings (SSSR count). The number of esters is 1. The van der Waals surface area contributed by atoms with Gasteiger partial charge in [0, 0.05) is 24.1 Å². The van der Waals surface area contributed by atoms with E-state index < -0.39 is 5.97 Å². The van der Waals surface area contributed by atoms with Crippen LogP contribution in [-0.4, -0.2) is 55.5 Å². The normalized spacial score (nSPS) is 14.6. The average Bonchev–Trinajstić information content (AvgIpc) is 3.62. The largest absolute Gasteiger partial charge is 0.493 e. The smallest absolute Gasteiger partial charge is 0.356 e. The van der Waals surface area contributed by atoms with Crippen molar-refractivity contribution in [2.24, 2.45) is 0 Å². The number of carbonyl (C=O) groups is 2. The molecule has 1 fully saturated rings. The van der Waals surface area contributed by atoms with Crippen LogP contribution in [0.1, 0.15) is 39.3 Å². The Kier molecular flexibility index (Phi) is 8.16. The summed E-state index contributed by atoms with van der Waals surface area (Å²) in [5, 5.41) is 6.95. The quantitative estimate of drug-likeness (QED) is 0.272. The number of methoxy groups -OCH3 is 3. The SMILES string of the molecule is COC(=O)c1c(NC(=O)c2ccccc2)c2cc(NCc3ccc(OC)c(OC)c3)cnc2n1C[C@H]1CCCO1. The van der Waals surface area contributed by atoms with Gasteiger partial charge < -0.3 is 34.1 Å².